The molecule has 3 aromatic heterocycles. The first-order chi connectivity index (χ1) is 50.7. The number of fused-ring (bicyclic) bond motifs is 6. The Labute approximate surface area is 628 Å². The van der Waals surface area contributed by atoms with E-state index in [1.165, 1.54) is 4.57 Å². The van der Waals surface area contributed by atoms with Crippen LogP contribution < -0.4 is 33.0 Å². The number of H-pyrrole nitrogens is 3. The van der Waals surface area contributed by atoms with Gasteiger partial charge in [-0.2, -0.15) is 0 Å². The third-order valence-electron chi connectivity index (χ3n) is 17.7. The molecule has 0 fully saturated rings. The Hall–Kier alpha value is -10.8. The lowest BCUT2D eigenvalue weighted by molar-refractivity contribution is -0.118. The maximum atomic E-state index is 13.2. The second kappa shape index (κ2) is 32.9. The number of aromatic amines is 3. The number of amides is 3. The summed E-state index contributed by atoms with van der Waals surface area (Å²) in [5.41, 5.74) is 13.8. The smallest absolute Gasteiger partial charge is 0.326 e. The first kappa shape index (κ1) is 74.0. The third kappa shape index (κ3) is 16.5. The number of anilines is 3. The molecule has 15 rings (SSSR count). The quantitative estimate of drug-likeness (QED) is 0.0347. The lowest BCUT2D eigenvalue weighted by Gasteiger charge is -2.12. The van der Waals surface area contributed by atoms with Gasteiger partial charge < -0.3 is 41.1 Å². The SMILES string of the molecule is CCn1c(=O)[nH]c2ccc(C3=NC(Cc4ccccc4Cl)C(=O)Nc4ccc(Cl)cc43)cc21.N=C=O.O=C1Nc2ccc(Cl)cc2C(c2ccc3[nH]c(=O)n(CCCO)c3c2)=NC1Cc1ccccc1Cl.O=C1Nc2ccc(Cl)cc2C(c2ccc3[nH]c(=O)n(CCO)c3c2)=NC1Cc1ccccc1Cl. The Kier molecular flexibility index (Phi) is 23.2. The van der Waals surface area contributed by atoms with Crippen LogP contribution in [0.2, 0.25) is 30.1 Å². The van der Waals surface area contributed by atoms with Crippen molar-refractivity contribution in [3.63, 3.8) is 0 Å². The van der Waals surface area contributed by atoms with Crippen LogP contribution in [-0.2, 0) is 58.1 Å². The first-order valence-electron chi connectivity index (χ1n) is 32.9. The van der Waals surface area contributed by atoms with Crippen molar-refractivity contribution in [2.75, 3.05) is 29.2 Å². The number of benzodiazepines with no additional fused rings is 3. The molecular weight excluding hydrogens is 1460 g/mol. The summed E-state index contributed by atoms with van der Waals surface area (Å²) in [4.78, 5) is 108. The number of aryl methyl sites for hydroxylation is 2. The van der Waals surface area contributed by atoms with Gasteiger partial charge in [0.25, 0.3) is 0 Å². The van der Waals surface area contributed by atoms with Crippen molar-refractivity contribution in [2.45, 2.75) is 70.4 Å². The predicted octanol–water partition coefficient (Wildman–Crippen LogP) is 13.4. The average molecular weight is 1530 g/mol. The number of nitrogens with one attached hydrogen (secondary N) is 7. The van der Waals surface area contributed by atoms with Crippen LogP contribution in [0.25, 0.3) is 33.1 Å². The van der Waals surface area contributed by atoms with Gasteiger partial charge in [0, 0.05) is 102 Å². The molecule has 105 heavy (non-hydrogen) atoms. The number of carbonyl (C=O) groups excluding carboxylic acids is 4. The molecule has 0 bridgehead atoms. The number of nitrogens with zero attached hydrogens (tertiary/aromatic N) is 6. The number of hydrogen-bond acceptors (Lipinski definition) is 13. The van der Waals surface area contributed by atoms with E-state index in [0.717, 1.165) is 50.5 Å². The van der Waals surface area contributed by atoms with E-state index in [9.17, 15) is 39.0 Å². The fraction of sp³-hybridized carbons (Fsp3) is 0.169. The van der Waals surface area contributed by atoms with Gasteiger partial charge in [0.05, 0.1) is 80.4 Å². The van der Waals surface area contributed by atoms with E-state index >= 15 is 0 Å². The summed E-state index contributed by atoms with van der Waals surface area (Å²) in [7, 11) is 0. The van der Waals surface area contributed by atoms with Crippen LogP contribution in [0.5, 0.6) is 0 Å². The number of aliphatic hydroxyl groups is 2. The molecule has 3 unspecified atom stereocenters. The Bertz CT molecular complexity index is 5710. The molecule has 28 heteroatoms. The van der Waals surface area contributed by atoms with Crippen molar-refractivity contribution >= 4 is 161 Å². The fourth-order valence-corrected chi connectivity index (χ4v) is 13.8. The number of hydrogen-bond donors (Lipinski definition) is 9. The molecule has 0 saturated carbocycles. The zero-order valence-electron chi connectivity index (χ0n) is 55.6. The molecule has 3 atom stereocenters. The van der Waals surface area contributed by atoms with Crippen LogP contribution in [0, 0.1) is 5.41 Å². The van der Waals surface area contributed by atoms with Crippen molar-refractivity contribution in [3.05, 3.63) is 294 Å². The van der Waals surface area contributed by atoms with E-state index < -0.39 is 18.1 Å². The van der Waals surface area contributed by atoms with Crippen molar-refractivity contribution in [2.24, 2.45) is 15.0 Å². The highest BCUT2D eigenvalue weighted by Gasteiger charge is 2.31. The Morgan fingerprint density at radius 3 is 1.05 bits per heavy atom. The highest BCUT2D eigenvalue weighted by molar-refractivity contribution is 6.34. The number of rotatable bonds is 15. The minimum Gasteiger partial charge on any atom is -0.396 e. The monoisotopic (exact) mass is 1520 g/mol. The summed E-state index contributed by atoms with van der Waals surface area (Å²) in [6, 6.07) is 52.5. The molecule has 22 nitrogen and oxygen atoms in total. The van der Waals surface area contributed by atoms with Crippen LogP contribution in [0.1, 0.15) is 63.4 Å². The van der Waals surface area contributed by atoms with Crippen LogP contribution >= 0.6 is 69.6 Å². The molecule has 3 aliphatic rings. The molecule has 9 aromatic carbocycles. The number of isocyanates is 1. The van der Waals surface area contributed by atoms with Gasteiger partial charge >= 0.3 is 17.1 Å². The van der Waals surface area contributed by atoms with Gasteiger partial charge in [0.1, 0.15) is 18.1 Å². The van der Waals surface area contributed by atoms with Crippen LogP contribution in [0.4, 0.5) is 17.1 Å². The minimum absolute atomic E-state index is 0.0190. The topological polar surface area (TPSA) is 319 Å². The molecule has 0 saturated heterocycles. The third-order valence-corrected chi connectivity index (χ3v) is 19.5. The predicted molar refractivity (Wildman–Crippen MR) is 415 cm³/mol. The summed E-state index contributed by atoms with van der Waals surface area (Å²) in [6.07, 6.45) is 2.19. The van der Waals surface area contributed by atoms with Gasteiger partial charge in [0.15, 0.2) is 0 Å². The van der Waals surface area contributed by atoms with E-state index in [1.807, 2.05) is 110 Å². The van der Waals surface area contributed by atoms with Gasteiger partial charge in [0.2, 0.25) is 23.8 Å². The van der Waals surface area contributed by atoms with Gasteiger partial charge in [-0.15, -0.1) is 0 Å². The lowest BCUT2D eigenvalue weighted by Crippen LogP contribution is -2.27. The Morgan fingerprint density at radius 1 is 0.419 bits per heavy atom. The summed E-state index contributed by atoms with van der Waals surface area (Å²) < 4.78 is 4.73. The fourth-order valence-electron chi connectivity index (χ4n) is 12.7. The normalized spacial score (nSPS) is 15.2. The van der Waals surface area contributed by atoms with Crippen LogP contribution in [-0.4, -0.2) is 111 Å². The highest BCUT2D eigenvalue weighted by Crippen LogP contribution is 2.35. The van der Waals surface area contributed by atoms with Gasteiger partial charge in [-0.3, -0.25) is 43.1 Å². The summed E-state index contributed by atoms with van der Waals surface area (Å²) in [5.74, 6) is -0.717. The number of halogens is 6. The first-order valence-corrected chi connectivity index (χ1v) is 35.2. The Morgan fingerprint density at radius 2 is 0.733 bits per heavy atom. The molecular formula is C77H63Cl6N13O9. The molecule has 9 N–H and O–H groups in total. The second-order valence-corrected chi connectivity index (χ2v) is 26.9. The second-order valence-electron chi connectivity index (χ2n) is 24.3. The standard InChI is InChI=1S/C26H22Cl2N4O3.C25H20Cl2N4O3.C25H20Cl2N4O2.CHNO/c27-17-7-9-20-18(14-17)24(29-22(25(34)30-20)12-15-4-1-2-5-19(15)28)16-6-8-21-23(13-16)32(10-3-11-33)26(35)31-21;26-16-6-8-19-17(13-16)23(15-5-7-20-22(12-15)31(9-10-32)25(34)30-20)28-21(24(33)29-19)11-14-3-1-2-4-18(14)27;1-2-31-22-12-15(7-9-20(22)30-25(31)33)23-17-13-16(26)8-10-19(17)29-24(32)21(28-23)11-14-5-3-4-6-18(14)27;2-1-3/h1-2,4-9,13-14,22,33H,3,10-12H2,(H,30,34)(H,31,35);1-8,12-13,21,32H,9-11H2,(H,29,33)(H,30,34);3-10,12-13,21H,2,11H2,1H3,(H,29,32)(H,30,33);2H. The van der Waals surface area contributed by atoms with Crippen molar-refractivity contribution in [3.8, 4) is 0 Å². The van der Waals surface area contributed by atoms with E-state index in [0.29, 0.717) is 142 Å². The molecule has 0 aliphatic carbocycles. The van der Waals surface area contributed by atoms with E-state index in [-0.39, 0.29) is 54.5 Å². The molecule has 6 heterocycles. The van der Waals surface area contributed by atoms with E-state index in [4.69, 9.17) is 94.8 Å². The number of aromatic nitrogens is 6. The van der Waals surface area contributed by atoms with Crippen molar-refractivity contribution in [1.29, 1.82) is 5.41 Å². The number of benzene rings is 9. The minimum atomic E-state index is -0.734. The average Bonchev–Trinajstić information content (AvgIpc) is 1.55. The lowest BCUT2D eigenvalue weighted by atomic mass is 9.99. The maximum absolute atomic E-state index is 13.2. The van der Waals surface area contributed by atoms with E-state index in [1.54, 1.807) is 88.0 Å². The van der Waals surface area contributed by atoms with Crippen molar-refractivity contribution in [1.82, 2.24) is 28.7 Å². The molecule has 3 aliphatic heterocycles. The number of aliphatic hydroxyl groups excluding tert-OH is 2. The number of carbonyl (C=O) groups is 3. The van der Waals surface area contributed by atoms with Gasteiger partial charge in [-0.25, -0.2) is 24.6 Å². The van der Waals surface area contributed by atoms with Crippen LogP contribution in [0.3, 0.4) is 0 Å². The molecule has 0 spiro atoms. The summed E-state index contributed by atoms with van der Waals surface area (Å²) in [6.45, 7) is 2.80. The zero-order chi connectivity index (χ0) is 74.2. The Balaban J connectivity index is 0.000000145. The van der Waals surface area contributed by atoms with Crippen LogP contribution in [0.15, 0.2) is 211 Å². The zero-order valence-corrected chi connectivity index (χ0v) is 60.2. The highest BCUT2D eigenvalue weighted by atomic mass is 35.5. The summed E-state index contributed by atoms with van der Waals surface area (Å²) in [5, 5.41) is 36.2. The van der Waals surface area contributed by atoms with E-state index in [2.05, 4.69) is 30.9 Å². The van der Waals surface area contributed by atoms with Crippen molar-refractivity contribution < 1.29 is 29.4 Å². The maximum Gasteiger partial charge on any atom is 0.326 e. The number of imidazole rings is 3. The molecule has 532 valence electrons. The largest absolute Gasteiger partial charge is 0.396 e. The van der Waals surface area contributed by atoms with Gasteiger partial charge in [-0.1, -0.05) is 142 Å². The number of aliphatic imine (C=N–C) groups is 3. The van der Waals surface area contributed by atoms with Gasteiger partial charge in [-0.05, 0) is 139 Å². The molecule has 3 amide bonds. The molecule has 12 aromatic rings. The summed E-state index contributed by atoms with van der Waals surface area (Å²) >= 11 is 38.0. The molecule has 0 radical (unpaired) electrons.